The van der Waals surface area contributed by atoms with E-state index in [-0.39, 0.29) is 5.75 Å². The maximum atomic E-state index is 12.0. The number of hydrogen-bond donors (Lipinski definition) is 0. The smallest absolute Gasteiger partial charge is 0.404 e. The summed E-state index contributed by atoms with van der Waals surface area (Å²) in [6.45, 7) is -4.15. The Morgan fingerprint density at radius 1 is 0.857 bits per heavy atom. The van der Waals surface area contributed by atoms with E-state index in [0.717, 1.165) is 0 Å². The van der Waals surface area contributed by atoms with Gasteiger partial charge in [-0.05, 0) is 12.1 Å². The van der Waals surface area contributed by atoms with Crippen LogP contribution in [0, 0.1) is 0 Å². The Morgan fingerprint density at radius 2 is 1.29 bits per heavy atom. The van der Waals surface area contributed by atoms with E-state index in [1.165, 1.54) is 30.3 Å². The van der Waals surface area contributed by atoms with Gasteiger partial charge in [-0.2, -0.15) is 26.3 Å². The van der Waals surface area contributed by atoms with Crippen LogP contribution in [-0.4, -0.2) is 25.6 Å². The van der Waals surface area contributed by atoms with Crippen LogP contribution in [-0.2, 0) is 13.6 Å². The number of halogens is 6. The van der Waals surface area contributed by atoms with Gasteiger partial charge in [0.05, 0.1) is 0 Å². The monoisotopic (exact) mass is 338 g/mol. The molecule has 0 saturated heterocycles. The molecule has 1 aromatic rings. The zero-order valence-electron chi connectivity index (χ0n) is 10.1. The van der Waals surface area contributed by atoms with Gasteiger partial charge in [-0.1, -0.05) is 18.2 Å². The van der Waals surface area contributed by atoms with E-state index in [1.807, 2.05) is 0 Å². The molecule has 0 radical (unpaired) electrons. The number of para-hydroxylation sites is 1. The molecule has 0 amide bonds. The molecule has 21 heavy (non-hydrogen) atoms. The highest BCUT2D eigenvalue weighted by Gasteiger charge is 2.40. The van der Waals surface area contributed by atoms with E-state index in [0.29, 0.717) is 0 Å². The molecule has 1 aromatic carbocycles. The first-order valence-corrected chi connectivity index (χ1v) is 6.72. The average molecular weight is 338 g/mol. The minimum Gasteiger partial charge on any atom is -0.404 e. The van der Waals surface area contributed by atoms with Crippen molar-refractivity contribution in [3.63, 3.8) is 0 Å². The minimum atomic E-state index is -5.07. The predicted molar refractivity (Wildman–Crippen MR) is 58.7 cm³/mol. The molecule has 0 saturated carbocycles. The summed E-state index contributed by atoms with van der Waals surface area (Å²) in [6.07, 6.45) is -9.81. The second-order valence-electron chi connectivity index (χ2n) is 3.63. The molecule has 0 unspecified atom stereocenters. The van der Waals surface area contributed by atoms with E-state index >= 15 is 0 Å². The summed E-state index contributed by atoms with van der Waals surface area (Å²) < 4.78 is 96.2. The summed E-state index contributed by atoms with van der Waals surface area (Å²) in [5.74, 6) is -0.259. The third kappa shape index (κ3) is 7.93. The molecule has 0 aliphatic rings. The first-order valence-electron chi connectivity index (χ1n) is 5.26. The number of benzene rings is 1. The van der Waals surface area contributed by atoms with E-state index in [4.69, 9.17) is 0 Å². The van der Waals surface area contributed by atoms with Gasteiger partial charge in [-0.3, -0.25) is 9.05 Å². The molecule has 0 fully saturated rings. The fourth-order valence-electron chi connectivity index (χ4n) is 1.00. The lowest BCUT2D eigenvalue weighted by Gasteiger charge is -2.19. The van der Waals surface area contributed by atoms with Gasteiger partial charge in [0, 0.05) is 0 Å². The third-order valence-electron chi connectivity index (χ3n) is 1.73. The maximum absolute atomic E-state index is 12.0. The highest BCUT2D eigenvalue weighted by molar-refractivity contribution is 7.48. The SMILES string of the molecule is O=P(OCC(F)(F)F)(OCC(F)(F)F)Oc1ccccc1. The Labute approximate surface area is 115 Å². The fourth-order valence-corrected chi connectivity index (χ4v) is 2.17. The molecule has 0 aromatic heterocycles. The number of alkyl halides is 6. The quantitative estimate of drug-likeness (QED) is 0.572. The summed E-state index contributed by atoms with van der Waals surface area (Å²) in [4.78, 5) is 0. The Balaban J connectivity index is 2.80. The summed E-state index contributed by atoms with van der Waals surface area (Å²) in [5.41, 5.74) is 0. The normalized spacial score (nSPS) is 13.2. The second-order valence-corrected chi connectivity index (χ2v) is 5.22. The molecule has 120 valence electrons. The van der Waals surface area contributed by atoms with Crippen LogP contribution in [0.4, 0.5) is 26.3 Å². The van der Waals surface area contributed by atoms with Crippen LogP contribution in [0.15, 0.2) is 30.3 Å². The lowest BCUT2D eigenvalue weighted by molar-refractivity contribution is -0.168. The Bertz CT molecular complexity index is 465. The van der Waals surface area contributed by atoms with Crippen molar-refractivity contribution in [3.05, 3.63) is 30.3 Å². The van der Waals surface area contributed by atoms with Gasteiger partial charge in [0.15, 0.2) is 13.2 Å². The van der Waals surface area contributed by atoms with Crippen molar-refractivity contribution >= 4 is 7.82 Å². The summed E-state index contributed by atoms with van der Waals surface area (Å²) in [6, 6.07) is 6.58. The highest BCUT2D eigenvalue weighted by atomic mass is 31.2. The van der Waals surface area contributed by atoms with Crippen LogP contribution < -0.4 is 4.52 Å². The van der Waals surface area contributed by atoms with E-state index in [2.05, 4.69) is 13.6 Å². The second kappa shape index (κ2) is 6.67. The molecule has 0 atom stereocenters. The van der Waals surface area contributed by atoms with Crippen molar-refractivity contribution in [3.8, 4) is 5.75 Å². The molecule has 0 aliphatic carbocycles. The zero-order valence-corrected chi connectivity index (χ0v) is 11.0. The van der Waals surface area contributed by atoms with Gasteiger partial charge in [0.2, 0.25) is 0 Å². The molecule has 11 heteroatoms. The Kier molecular flexibility index (Phi) is 5.66. The minimum absolute atomic E-state index is 0.259. The van der Waals surface area contributed by atoms with E-state index < -0.39 is 33.4 Å². The molecular formula is C10H9F6O4P. The summed E-state index contributed by atoms with van der Waals surface area (Å²) >= 11 is 0. The van der Waals surface area contributed by atoms with Crippen LogP contribution in [0.25, 0.3) is 0 Å². The summed E-state index contributed by atoms with van der Waals surface area (Å²) in [7, 11) is -5.07. The van der Waals surface area contributed by atoms with Crippen LogP contribution >= 0.6 is 7.82 Å². The fraction of sp³-hybridized carbons (Fsp3) is 0.400. The molecule has 4 nitrogen and oxygen atoms in total. The number of phosphoric acid groups is 1. The van der Waals surface area contributed by atoms with Gasteiger partial charge in [0.25, 0.3) is 0 Å². The maximum Gasteiger partial charge on any atom is 0.530 e. The van der Waals surface area contributed by atoms with Crippen molar-refractivity contribution in [1.82, 2.24) is 0 Å². The molecule has 0 spiro atoms. The number of rotatable bonds is 6. The third-order valence-corrected chi connectivity index (χ3v) is 3.06. The first kappa shape index (κ1) is 17.8. The molecule has 0 heterocycles. The van der Waals surface area contributed by atoms with E-state index in [1.54, 1.807) is 0 Å². The highest BCUT2D eigenvalue weighted by Crippen LogP contribution is 2.51. The van der Waals surface area contributed by atoms with Crippen molar-refractivity contribution in [2.24, 2.45) is 0 Å². The van der Waals surface area contributed by atoms with Gasteiger partial charge in [0.1, 0.15) is 5.75 Å². The van der Waals surface area contributed by atoms with Crippen LogP contribution in [0.3, 0.4) is 0 Å². The van der Waals surface area contributed by atoms with E-state index in [9.17, 15) is 30.9 Å². The number of hydrogen-bond acceptors (Lipinski definition) is 4. The van der Waals surface area contributed by atoms with Gasteiger partial charge < -0.3 is 4.52 Å². The predicted octanol–water partition coefficient (Wildman–Crippen LogP) is 4.33. The first-order chi connectivity index (χ1) is 9.49. The molecule has 1 rings (SSSR count). The molecule has 0 bridgehead atoms. The van der Waals surface area contributed by atoms with Gasteiger partial charge >= 0.3 is 20.2 Å². The topological polar surface area (TPSA) is 44.8 Å². The standard InChI is InChI=1S/C10H9F6O4P/c11-9(12,13)6-18-21(17,19-7-10(14,15)16)20-8-4-2-1-3-5-8/h1-5H,6-7H2. The largest absolute Gasteiger partial charge is 0.530 e. The summed E-state index contributed by atoms with van der Waals surface area (Å²) in [5, 5.41) is 0. The van der Waals surface area contributed by atoms with Gasteiger partial charge in [-0.15, -0.1) is 0 Å². The average Bonchev–Trinajstić information content (AvgIpc) is 2.34. The molecule has 0 aliphatic heterocycles. The lowest BCUT2D eigenvalue weighted by atomic mass is 10.3. The van der Waals surface area contributed by atoms with Crippen molar-refractivity contribution < 1.29 is 44.5 Å². The Morgan fingerprint density at radius 3 is 1.67 bits per heavy atom. The van der Waals surface area contributed by atoms with Gasteiger partial charge in [-0.25, -0.2) is 4.57 Å². The van der Waals surface area contributed by atoms with Crippen LogP contribution in [0.5, 0.6) is 5.75 Å². The molecule has 0 N–H and O–H groups in total. The van der Waals surface area contributed by atoms with Crippen molar-refractivity contribution in [1.29, 1.82) is 0 Å². The van der Waals surface area contributed by atoms with Crippen molar-refractivity contribution in [2.45, 2.75) is 12.4 Å². The number of phosphoric ester groups is 1. The lowest BCUT2D eigenvalue weighted by Crippen LogP contribution is -2.21. The zero-order chi connectivity index (χ0) is 16.1. The van der Waals surface area contributed by atoms with Crippen LogP contribution in [0.2, 0.25) is 0 Å². The van der Waals surface area contributed by atoms with Crippen LogP contribution in [0.1, 0.15) is 0 Å². The molecular weight excluding hydrogens is 329 g/mol. The van der Waals surface area contributed by atoms with Crippen molar-refractivity contribution in [2.75, 3.05) is 13.2 Å². The Hall–Kier alpha value is -1.25.